The van der Waals surface area contributed by atoms with Gasteiger partial charge < -0.3 is 17.1 Å². The Morgan fingerprint density at radius 1 is 1.10 bits per heavy atom. The molecule has 2 aromatic carbocycles. The molecule has 0 saturated carbocycles. The minimum atomic E-state index is 0. The Morgan fingerprint density at radius 2 is 1.76 bits per heavy atom. The highest BCUT2D eigenvalue weighted by atomic mass is 35.5. The van der Waals surface area contributed by atoms with Crippen molar-refractivity contribution >= 4 is 16.6 Å². The van der Waals surface area contributed by atoms with Crippen molar-refractivity contribution in [2.24, 2.45) is 0 Å². The van der Waals surface area contributed by atoms with Crippen LogP contribution in [0.15, 0.2) is 36.4 Å². The van der Waals surface area contributed by atoms with E-state index in [9.17, 15) is 0 Å². The zero-order chi connectivity index (χ0) is 14.5. The molecule has 0 aliphatic heterocycles. The van der Waals surface area contributed by atoms with Crippen molar-refractivity contribution in [1.29, 1.82) is 5.41 Å². The van der Waals surface area contributed by atoms with E-state index in [-0.39, 0.29) is 12.4 Å². The Morgan fingerprint density at radius 3 is 2.38 bits per heavy atom. The lowest BCUT2D eigenvalue weighted by molar-refractivity contribution is -0.757. The van der Waals surface area contributed by atoms with Crippen LogP contribution in [0.4, 0.5) is 0 Å². The molecular weight excluding hydrogens is 284 g/mol. The Hall–Kier alpha value is -1.58. The molecule has 0 spiro atoms. The van der Waals surface area contributed by atoms with Gasteiger partial charge in [0.1, 0.15) is 5.75 Å². The number of ether oxygens (including phenoxy) is 1. The largest absolute Gasteiger partial charge is 1.00 e. The molecule has 2 rings (SSSR count). The van der Waals surface area contributed by atoms with Gasteiger partial charge in [0, 0.05) is 10.8 Å². The van der Waals surface area contributed by atoms with Gasteiger partial charge in [-0.3, -0.25) is 10.3 Å². The van der Waals surface area contributed by atoms with E-state index in [2.05, 4.69) is 19.1 Å². The average molecular weight is 307 g/mol. The van der Waals surface area contributed by atoms with E-state index in [1.807, 2.05) is 38.4 Å². The van der Waals surface area contributed by atoms with Crippen molar-refractivity contribution < 1.29 is 22.0 Å². The van der Waals surface area contributed by atoms with Crippen molar-refractivity contribution in [1.82, 2.24) is 0 Å². The van der Waals surface area contributed by atoms with Gasteiger partial charge in [-0.15, -0.1) is 0 Å². The van der Waals surface area contributed by atoms with Gasteiger partial charge in [0.2, 0.25) is 5.84 Å². The molecule has 0 unspecified atom stereocenters. The third-order valence-corrected chi connectivity index (χ3v) is 3.41. The van der Waals surface area contributed by atoms with Gasteiger partial charge in [0.25, 0.3) is 0 Å². The van der Waals surface area contributed by atoms with Gasteiger partial charge in [-0.2, -0.15) is 0 Å². The Balaban J connectivity index is 0.00000220. The predicted molar refractivity (Wildman–Crippen MR) is 84.0 cm³/mol. The summed E-state index contributed by atoms with van der Waals surface area (Å²) in [6.07, 6.45) is 2.19. The van der Waals surface area contributed by atoms with Crippen LogP contribution < -0.4 is 22.0 Å². The number of benzene rings is 2. The van der Waals surface area contributed by atoms with Crippen LogP contribution in [0.3, 0.4) is 0 Å². The lowest BCUT2D eigenvalue weighted by atomic mass is 10.0. The van der Waals surface area contributed by atoms with Gasteiger partial charge >= 0.3 is 0 Å². The number of amidine groups is 1. The lowest BCUT2D eigenvalue weighted by Crippen LogP contribution is -3.08. The average Bonchev–Trinajstić information content (AvgIpc) is 2.46. The summed E-state index contributed by atoms with van der Waals surface area (Å²) in [6.45, 7) is 2.90. The van der Waals surface area contributed by atoms with Crippen molar-refractivity contribution in [3.8, 4) is 5.75 Å². The Kier molecular flexibility index (Phi) is 6.66. The number of quaternary nitrogens is 1. The second kappa shape index (κ2) is 8.01. The summed E-state index contributed by atoms with van der Waals surface area (Å²) in [6, 6.07) is 12.2. The third kappa shape index (κ3) is 3.96. The molecule has 0 aliphatic rings. The Labute approximate surface area is 132 Å². The summed E-state index contributed by atoms with van der Waals surface area (Å²) < 4.78 is 5.88. The first-order valence-corrected chi connectivity index (χ1v) is 7.19. The summed E-state index contributed by atoms with van der Waals surface area (Å²) in [5, 5.41) is 10.4. The maximum Gasteiger partial charge on any atom is 0.226 e. The highest BCUT2D eigenvalue weighted by Gasteiger charge is 2.14. The summed E-state index contributed by atoms with van der Waals surface area (Å²) in [4.78, 5) is 1.02. The van der Waals surface area contributed by atoms with Gasteiger partial charge in [0.05, 0.1) is 26.3 Å². The normalized spacial score (nSPS) is 10.5. The standard InChI is InChI=1S/C17H22N2O.ClH/c1-4-5-12-20-16-11-10-15(17(18)19(2)3)13-8-6-7-9-14(13)16;/h6-11,18H,4-5,12H2,1-3H3;1H. The molecular formula is C17H23ClN2O. The van der Waals surface area contributed by atoms with E-state index < -0.39 is 0 Å². The monoisotopic (exact) mass is 306 g/mol. The number of fused-ring (bicyclic) bond motifs is 1. The molecule has 114 valence electrons. The number of hydrogen-bond acceptors (Lipinski definition) is 2. The zero-order valence-electron chi connectivity index (χ0n) is 12.9. The van der Waals surface area contributed by atoms with E-state index in [0.29, 0.717) is 5.84 Å². The molecule has 0 aliphatic carbocycles. The quantitative estimate of drug-likeness (QED) is 0.436. The topological polar surface area (TPSA) is 37.5 Å². The smallest absolute Gasteiger partial charge is 0.226 e. The highest BCUT2D eigenvalue weighted by Crippen LogP contribution is 2.28. The van der Waals surface area contributed by atoms with E-state index in [1.165, 1.54) is 0 Å². The van der Waals surface area contributed by atoms with E-state index in [0.717, 1.165) is 46.4 Å². The molecule has 0 bridgehead atoms. The molecule has 0 aromatic heterocycles. The number of halogens is 1. The zero-order valence-corrected chi connectivity index (χ0v) is 13.6. The van der Waals surface area contributed by atoms with Gasteiger partial charge in [0.15, 0.2) is 0 Å². The van der Waals surface area contributed by atoms with Crippen LogP contribution in [-0.4, -0.2) is 26.5 Å². The molecule has 2 N–H and O–H groups in total. The number of hydrogen-bond donors (Lipinski definition) is 2. The van der Waals surface area contributed by atoms with E-state index in [1.54, 1.807) is 0 Å². The molecule has 0 atom stereocenters. The van der Waals surface area contributed by atoms with Crippen molar-refractivity contribution in [3.63, 3.8) is 0 Å². The van der Waals surface area contributed by atoms with Crippen LogP contribution in [0.2, 0.25) is 0 Å². The van der Waals surface area contributed by atoms with Gasteiger partial charge in [-0.1, -0.05) is 37.6 Å². The summed E-state index contributed by atoms with van der Waals surface area (Å²) in [5.74, 6) is 1.51. The van der Waals surface area contributed by atoms with Crippen LogP contribution >= 0.6 is 0 Å². The fourth-order valence-electron chi connectivity index (χ4n) is 2.21. The molecule has 0 fully saturated rings. The second-order valence-corrected chi connectivity index (χ2v) is 5.23. The molecule has 0 radical (unpaired) electrons. The van der Waals surface area contributed by atoms with Crippen LogP contribution in [0.1, 0.15) is 25.3 Å². The summed E-state index contributed by atoms with van der Waals surface area (Å²) >= 11 is 0. The first kappa shape index (κ1) is 17.5. The predicted octanol–water partition coefficient (Wildman–Crippen LogP) is -0.507. The lowest BCUT2D eigenvalue weighted by Gasteiger charge is -2.14. The summed E-state index contributed by atoms with van der Waals surface area (Å²) in [7, 11) is 3.95. The van der Waals surface area contributed by atoms with Crippen LogP contribution in [-0.2, 0) is 0 Å². The van der Waals surface area contributed by atoms with Crippen molar-refractivity contribution in [3.05, 3.63) is 42.0 Å². The minimum Gasteiger partial charge on any atom is -1.00 e. The number of nitrogens with one attached hydrogen (secondary N) is 2. The van der Waals surface area contributed by atoms with Crippen LogP contribution in [0.5, 0.6) is 5.75 Å². The second-order valence-electron chi connectivity index (χ2n) is 5.23. The van der Waals surface area contributed by atoms with Crippen LogP contribution in [0.25, 0.3) is 10.8 Å². The van der Waals surface area contributed by atoms with Gasteiger partial charge in [-0.25, -0.2) is 0 Å². The fraction of sp³-hybridized carbons (Fsp3) is 0.353. The van der Waals surface area contributed by atoms with Crippen molar-refractivity contribution in [2.75, 3.05) is 20.7 Å². The third-order valence-electron chi connectivity index (χ3n) is 3.41. The molecule has 0 amide bonds. The summed E-state index contributed by atoms with van der Waals surface area (Å²) in [5.41, 5.74) is 0.975. The van der Waals surface area contributed by atoms with Crippen LogP contribution in [0, 0.1) is 5.41 Å². The van der Waals surface area contributed by atoms with Crippen molar-refractivity contribution in [2.45, 2.75) is 19.8 Å². The van der Waals surface area contributed by atoms with Gasteiger partial charge in [-0.05, 0) is 18.6 Å². The maximum atomic E-state index is 8.23. The first-order valence-electron chi connectivity index (χ1n) is 7.19. The minimum absolute atomic E-state index is 0. The first-order chi connectivity index (χ1) is 9.65. The molecule has 2 aromatic rings. The van der Waals surface area contributed by atoms with E-state index in [4.69, 9.17) is 10.1 Å². The molecule has 0 saturated heterocycles. The molecule has 3 nitrogen and oxygen atoms in total. The Bertz CT molecular complexity index is 611. The highest BCUT2D eigenvalue weighted by molar-refractivity contribution is 6.06. The molecule has 0 heterocycles. The number of rotatable bonds is 5. The molecule has 4 heteroatoms. The SMILES string of the molecule is CCCCOc1ccc(C(=N)[NH+](C)C)c2ccccc12.[Cl-]. The molecule has 21 heavy (non-hydrogen) atoms. The van der Waals surface area contributed by atoms with E-state index >= 15 is 0 Å². The maximum absolute atomic E-state index is 8.23. The fourth-order valence-corrected chi connectivity index (χ4v) is 2.21. The number of unbranched alkanes of at least 4 members (excludes halogenated alkanes) is 1.